The first-order chi connectivity index (χ1) is 10.7. The molecule has 1 aromatic carbocycles. The molecule has 114 valence electrons. The van der Waals surface area contributed by atoms with E-state index < -0.39 is 0 Å². The molecular formula is C17H20N4O. The summed E-state index contributed by atoms with van der Waals surface area (Å²) in [7, 11) is 0. The van der Waals surface area contributed by atoms with E-state index in [9.17, 15) is 4.79 Å². The van der Waals surface area contributed by atoms with E-state index in [1.807, 2.05) is 29.3 Å². The summed E-state index contributed by atoms with van der Waals surface area (Å²) in [4.78, 5) is 20.8. The molecule has 1 aliphatic heterocycles. The van der Waals surface area contributed by atoms with Gasteiger partial charge in [-0.15, -0.1) is 0 Å². The molecule has 2 heterocycles. The third kappa shape index (κ3) is 3.43. The fourth-order valence-corrected chi connectivity index (χ4v) is 2.71. The van der Waals surface area contributed by atoms with Gasteiger partial charge in [-0.05, 0) is 29.8 Å². The van der Waals surface area contributed by atoms with Crippen LogP contribution in [0.3, 0.4) is 0 Å². The van der Waals surface area contributed by atoms with E-state index in [-0.39, 0.29) is 5.91 Å². The van der Waals surface area contributed by atoms with Crippen molar-refractivity contribution in [2.75, 3.05) is 31.9 Å². The maximum absolute atomic E-state index is 12.5. The van der Waals surface area contributed by atoms with Crippen molar-refractivity contribution in [2.24, 2.45) is 0 Å². The first-order valence-electron chi connectivity index (χ1n) is 7.48. The summed E-state index contributed by atoms with van der Waals surface area (Å²) in [5.74, 6) is 0.0633. The Kier molecular flexibility index (Phi) is 4.34. The quantitative estimate of drug-likeness (QED) is 0.874. The number of rotatable bonds is 3. The van der Waals surface area contributed by atoms with E-state index in [0.29, 0.717) is 11.3 Å². The largest absolute Gasteiger partial charge is 0.399 e. The van der Waals surface area contributed by atoms with Crippen LogP contribution in [-0.4, -0.2) is 46.9 Å². The summed E-state index contributed by atoms with van der Waals surface area (Å²) in [5, 5.41) is 0. The Morgan fingerprint density at radius 3 is 2.64 bits per heavy atom. The highest BCUT2D eigenvalue weighted by Gasteiger charge is 2.22. The Morgan fingerprint density at radius 2 is 1.95 bits per heavy atom. The number of anilines is 1. The van der Waals surface area contributed by atoms with Gasteiger partial charge in [-0.2, -0.15) is 0 Å². The van der Waals surface area contributed by atoms with Crippen molar-refractivity contribution < 1.29 is 4.79 Å². The van der Waals surface area contributed by atoms with Gasteiger partial charge in [0.05, 0.1) is 0 Å². The maximum Gasteiger partial charge on any atom is 0.254 e. The molecule has 3 rings (SSSR count). The first-order valence-corrected chi connectivity index (χ1v) is 7.48. The predicted molar refractivity (Wildman–Crippen MR) is 86.3 cm³/mol. The number of carbonyl (C=O) groups is 1. The van der Waals surface area contributed by atoms with Gasteiger partial charge in [-0.3, -0.25) is 14.7 Å². The number of nitrogens with zero attached hydrogens (tertiary/aromatic N) is 3. The lowest BCUT2D eigenvalue weighted by atomic mass is 10.1. The van der Waals surface area contributed by atoms with Gasteiger partial charge in [0.1, 0.15) is 0 Å². The topological polar surface area (TPSA) is 62.5 Å². The number of pyridine rings is 1. The maximum atomic E-state index is 12.5. The molecule has 1 saturated heterocycles. The highest BCUT2D eigenvalue weighted by atomic mass is 16.2. The third-order valence-electron chi connectivity index (χ3n) is 3.92. The second-order valence-electron chi connectivity index (χ2n) is 5.56. The first kappa shape index (κ1) is 14.5. The summed E-state index contributed by atoms with van der Waals surface area (Å²) in [6.07, 6.45) is 3.68. The normalized spacial score (nSPS) is 15.7. The number of nitrogen functional groups attached to an aromatic ring is 1. The lowest BCUT2D eigenvalue weighted by Gasteiger charge is -2.34. The molecule has 1 fully saturated rings. The number of hydrogen-bond donors (Lipinski definition) is 1. The standard InChI is InChI=1S/C17H20N4O/c18-16-5-1-4-15(11-16)17(22)21-9-7-20(8-10-21)13-14-3-2-6-19-12-14/h1-6,11-12H,7-10,13,18H2. The number of piperazine rings is 1. The Balaban J connectivity index is 1.56. The molecule has 2 N–H and O–H groups in total. The number of amides is 1. The number of benzene rings is 1. The summed E-state index contributed by atoms with van der Waals surface area (Å²) in [6.45, 7) is 4.13. The van der Waals surface area contributed by atoms with Crippen molar-refractivity contribution in [3.05, 3.63) is 59.9 Å². The van der Waals surface area contributed by atoms with Gasteiger partial charge in [0, 0.05) is 56.4 Å². The minimum absolute atomic E-state index is 0.0633. The zero-order valence-corrected chi connectivity index (χ0v) is 12.5. The van der Waals surface area contributed by atoms with E-state index >= 15 is 0 Å². The molecule has 22 heavy (non-hydrogen) atoms. The fourth-order valence-electron chi connectivity index (χ4n) is 2.71. The van der Waals surface area contributed by atoms with Crippen molar-refractivity contribution in [1.29, 1.82) is 0 Å². The zero-order chi connectivity index (χ0) is 15.4. The van der Waals surface area contributed by atoms with Crippen molar-refractivity contribution in [3.63, 3.8) is 0 Å². The molecule has 0 unspecified atom stereocenters. The van der Waals surface area contributed by atoms with E-state index in [1.54, 1.807) is 18.3 Å². The highest BCUT2D eigenvalue weighted by molar-refractivity contribution is 5.95. The van der Waals surface area contributed by atoms with Crippen molar-refractivity contribution in [3.8, 4) is 0 Å². The smallest absolute Gasteiger partial charge is 0.254 e. The molecule has 1 aliphatic rings. The van der Waals surface area contributed by atoms with Crippen LogP contribution < -0.4 is 5.73 Å². The summed E-state index contributed by atoms with van der Waals surface area (Å²) >= 11 is 0. The molecule has 0 atom stereocenters. The monoisotopic (exact) mass is 296 g/mol. The van der Waals surface area contributed by atoms with Gasteiger partial charge < -0.3 is 10.6 Å². The van der Waals surface area contributed by atoms with Crippen LogP contribution in [0.1, 0.15) is 15.9 Å². The molecule has 0 bridgehead atoms. The van der Waals surface area contributed by atoms with Crippen LogP contribution >= 0.6 is 0 Å². The molecule has 0 aliphatic carbocycles. The summed E-state index contributed by atoms with van der Waals surface area (Å²) in [5.41, 5.74) is 8.25. The average Bonchev–Trinajstić information content (AvgIpc) is 2.56. The molecule has 1 amide bonds. The van der Waals surface area contributed by atoms with Crippen LogP contribution in [0.15, 0.2) is 48.8 Å². The van der Waals surface area contributed by atoms with Crippen LogP contribution in [0.4, 0.5) is 5.69 Å². The third-order valence-corrected chi connectivity index (χ3v) is 3.92. The molecule has 2 aromatic rings. The molecule has 5 nitrogen and oxygen atoms in total. The summed E-state index contributed by atoms with van der Waals surface area (Å²) < 4.78 is 0. The van der Waals surface area contributed by atoms with Crippen LogP contribution in [0.25, 0.3) is 0 Å². The molecular weight excluding hydrogens is 276 g/mol. The molecule has 0 radical (unpaired) electrons. The molecule has 1 aromatic heterocycles. The molecule has 0 saturated carbocycles. The number of nitrogens with two attached hydrogens (primary N) is 1. The Hall–Kier alpha value is -2.40. The van der Waals surface area contributed by atoms with Gasteiger partial charge in [0.2, 0.25) is 0 Å². The van der Waals surface area contributed by atoms with Crippen LogP contribution in [0, 0.1) is 0 Å². The molecule has 0 spiro atoms. The van der Waals surface area contributed by atoms with Gasteiger partial charge in [0.15, 0.2) is 0 Å². The zero-order valence-electron chi connectivity index (χ0n) is 12.5. The number of carbonyl (C=O) groups excluding carboxylic acids is 1. The lowest BCUT2D eigenvalue weighted by Crippen LogP contribution is -2.48. The van der Waals surface area contributed by atoms with Crippen molar-refractivity contribution in [2.45, 2.75) is 6.54 Å². The highest BCUT2D eigenvalue weighted by Crippen LogP contribution is 2.13. The lowest BCUT2D eigenvalue weighted by molar-refractivity contribution is 0.0628. The number of hydrogen-bond acceptors (Lipinski definition) is 4. The minimum atomic E-state index is 0.0633. The van der Waals surface area contributed by atoms with E-state index in [0.717, 1.165) is 32.7 Å². The number of aromatic nitrogens is 1. The van der Waals surface area contributed by atoms with Crippen LogP contribution in [-0.2, 0) is 6.54 Å². The van der Waals surface area contributed by atoms with Crippen LogP contribution in [0.2, 0.25) is 0 Å². The SMILES string of the molecule is Nc1cccc(C(=O)N2CCN(Cc3cccnc3)CC2)c1. The summed E-state index contributed by atoms with van der Waals surface area (Å²) in [6, 6.07) is 11.2. The minimum Gasteiger partial charge on any atom is -0.399 e. The average molecular weight is 296 g/mol. The van der Waals surface area contributed by atoms with Gasteiger partial charge >= 0.3 is 0 Å². The Morgan fingerprint density at radius 1 is 1.14 bits per heavy atom. The van der Waals surface area contributed by atoms with Gasteiger partial charge in [0.25, 0.3) is 5.91 Å². The van der Waals surface area contributed by atoms with E-state index in [4.69, 9.17) is 5.73 Å². The Labute approximate surface area is 130 Å². The second-order valence-corrected chi connectivity index (χ2v) is 5.56. The van der Waals surface area contributed by atoms with Gasteiger partial charge in [-0.1, -0.05) is 12.1 Å². The van der Waals surface area contributed by atoms with E-state index in [1.165, 1.54) is 5.56 Å². The fraction of sp³-hybridized carbons (Fsp3) is 0.294. The predicted octanol–water partition coefficient (Wildman–Crippen LogP) is 1.62. The van der Waals surface area contributed by atoms with E-state index in [2.05, 4.69) is 16.0 Å². The van der Waals surface area contributed by atoms with Crippen molar-refractivity contribution in [1.82, 2.24) is 14.8 Å². The van der Waals surface area contributed by atoms with Crippen molar-refractivity contribution >= 4 is 11.6 Å². The van der Waals surface area contributed by atoms with Gasteiger partial charge in [-0.25, -0.2) is 0 Å². The van der Waals surface area contributed by atoms with Crippen LogP contribution in [0.5, 0.6) is 0 Å². The second kappa shape index (κ2) is 6.58. The Bertz CT molecular complexity index is 636. The molecule has 5 heteroatoms.